The van der Waals surface area contributed by atoms with Gasteiger partial charge in [0.05, 0.1) is 19.2 Å². The zero-order valence-corrected chi connectivity index (χ0v) is 14.6. The van der Waals surface area contributed by atoms with Gasteiger partial charge in [0.1, 0.15) is 0 Å². The second kappa shape index (κ2) is 7.87. The lowest BCUT2D eigenvalue weighted by atomic mass is 9.99. The number of halogens is 1. The zero-order valence-electron chi connectivity index (χ0n) is 13.8. The Hall–Kier alpha value is -0.970. The first-order valence-electron chi connectivity index (χ1n) is 7.21. The lowest BCUT2D eigenvalue weighted by Crippen LogP contribution is -2.39. The second-order valence-electron chi connectivity index (χ2n) is 5.61. The monoisotopic (exact) mass is 314 g/mol. The van der Waals surface area contributed by atoms with Gasteiger partial charge in [-0.2, -0.15) is 0 Å². The molecular weight excluding hydrogens is 288 g/mol. The Morgan fingerprint density at radius 3 is 2.24 bits per heavy atom. The van der Waals surface area contributed by atoms with Gasteiger partial charge in [-0.1, -0.05) is 31.5 Å². The van der Waals surface area contributed by atoms with Crippen LogP contribution in [0.15, 0.2) is 12.1 Å². The van der Waals surface area contributed by atoms with Crippen molar-refractivity contribution in [1.82, 2.24) is 4.90 Å². The molecule has 4 nitrogen and oxygen atoms in total. The van der Waals surface area contributed by atoms with E-state index in [2.05, 4.69) is 32.7 Å². The van der Waals surface area contributed by atoms with Gasteiger partial charge in [0.15, 0.2) is 11.5 Å². The Balaban J connectivity index is 3.23. The second-order valence-corrected chi connectivity index (χ2v) is 5.98. The molecule has 0 aliphatic rings. The molecule has 1 aromatic rings. The van der Waals surface area contributed by atoms with E-state index in [-0.39, 0.29) is 6.04 Å². The average molecular weight is 315 g/mol. The summed E-state index contributed by atoms with van der Waals surface area (Å²) in [6.45, 7) is 7.08. The van der Waals surface area contributed by atoms with Crippen LogP contribution in [0.5, 0.6) is 11.5 Å². The average Bonchev–Trinajstić information content (AvgIpc) is 2.47. The number of ether oxygens (including phenoxy) is 2. The standard InChI is InChI=1S/C16H27ClN2O2/c1-10(2)11(3)19(4)13(9-18)12-7-8-14(20-5)16(21-6)15(12)17/h7-8,10-11,13H,9,18H2,1-6H3. The fourth-order valence-electron chi connectivity index (χ4n) is 2.43. The highest BCUT2D eigenvalue weighted by molar-refractivity contribution is 6.33. The largest absolute Gasteiger partial charge is 0.493 e. The molecular formula is C16H27ClN2O2. The molecule has 2 unspecified atom stereocenters. The molecule has 2 N–H and O–H groups in total. The molecule has 0 aromatic heterocycles. The molecule has 0 spiro atoms. The Morgan fingerprint density at radius 1 is 1.19 bits per heavy atom. The number of benzene rings is 1. The van der Waals surface area contributed by atoms with E-state index in [1.807, 2.05) is 12.1 Å². The maximum absolute atomic E-state index is 6.51. The zero-order chi connectivity index (χ0) is 16.2. The van der Waals surface area contributed by atoms with Crippen molar-refractivity contribution < 1.29 is 9.47 Å². The van der Waals surface area contributed by atoms with Crippen LogP contribution in [0.3, 0.4) is 0 Å². The van der Waals surface area contributed by atoms with E-state index in [1.165, 1.54) is 0 Å². The van der Waals surface area contributed by atoms with Crippen molar-refractivity contribution in [3.05, 3.63) is 22.7 Å². The lowest BCUT2D eigenvalue weighted by molar-refractivity contribution is 0.151. The van der Waals surface area contributed by atoms with Gasteiger partial charge in [-0.25, -0.2) is 0 Å². The van der Waals surface area contributed by atoms with Crippen molar-refractivity contribution >= 4 is 11.6 Å². The molecule has 21 heavy (non-hydrogen) atoms. The molecule has 0 saturated carbocycles. The van der Waals surface area contributed by atoms with E-state index in [4.69, 9.17) is 26.8 Å². The van der Waals surface area contributed by atoms with Crippen LogP contribution in [0, 0.1) is 5.92 Å². The van der Waals surface area contributed by atoms with Crippen LogP contribution in [0.1, 0.15) is 32.4 Å². The summed E-state index contributed by atoms with van der Waals surface area (Å²) < 4.78 is 10.7. The summed E-state index contributed by atoms with van der Waals surface area (Å²) in [4.78, 5) is 2.26. The molecule has 5 heteroatoms. The van der Waals surface area contributed by atoms with Crippen molar-refractivity contribution in [3.8, 4) is 11.5 Å². The minimum absolute atomic E-state index is 0.0368. The van der Waals surface area contributed by atoms with E-state index >= 15 is 0 Å². The summed E-state index contributed by atoms with van der Waals surface area (Å²) in [7, 11) is 5.27. The van der Waals surface area contributed by atoms with E-state index in [1.54, 1.807) is 14.2 Å². The fraction of sp³-hybridized carbons (Fsp3) is 0.625. The predicted molar refractivity (Wildman–Crippen MR) is 88.4 cm³/mol. The van der Waals surface area contributed by atoms with Crippen LogP contribution >= 0.6 is 11.6 Å². The molecule has 0 bridgehead atoms. The van der Waals surface area contributed by atoms with Gasteiger partial charge in [0.2, 0.25) is 0 Å². The van der Waals surface area contributed by atoms with Gasteiger partial charge in [-0.3, -0.25) is 4.90 Å². The van der Waals surface area contributed by atoms with E-state index in [0.717, 1.165) is 5.56 Å². The van der Waals surface area contributed by atoms with Crippen LogP contribution in [0.2, 0.25) is 5.02 Å². The van der Waals surface area contributed by atoms with Crippen molar-refractivity contribution in [2.75, 3.05) is 27.8 Å². The third-order valence-corrected chi connectivity index (χ3v) is 4.59. The van der Waals surface area contributed by atoms with Crippen LogP contribution < -0.4 is 15.2 Å². The Morgan fingerprint density at radius 2 is 1.81 bits per heavy atom. The van der Waals surface area contributed by atoms with Crippen molar-refractivity contribution in [2.24, 2.45) is 11.7 Å². The summed E-state index contributed by atoms with van der Waals surface area (Å²) in [5, 5.41) is 0.565. The summed E-state index contributed by atoms with van der Waals surface area (Å²) in [6.07, 6.45) is 0. The predicted octanol–water partition coefficient (Wildman–Crippen LogP) is 3.33. The number of nitrogens with two attached hydrogens (primary N) is 1. The van der Waals surface area contributed by atoms with Gasteiger partial charge in [0.25, 0.3) is 0 Å². The van der Waals surface area contributed by atoms with Crippen molar-refractivity contribution in [3.63, 3.8) is 0 Å². The fourth-order valence-corrected chi connectivity index (χ4v) is 2.79. The lowest BCUT2D eigenvalue weighted by Gasteiger charge is -2.35. The molecule has 0 saturated heterocycles. The van der Waals surface area contributed by atoms with Gasteiger partial charge in [-0.05, 0) is 31.5 Å². The van der Waals surface area contributed by atoms with Crippen molar-refractivity contribution in [2.45, 2.75) is 32.9 Å². The number of nitrogens with zero attached hydrogens (tertiary/aromatic N) is 1. The number of likely N-dealkylation sites (N-methyl/N-ethyl adjacent to an activating group) is 1. The highest BCUT2D eigenvalue weighted by Crippen LogP contribution is 2.41. The highest BCUT2D eigenvalue weighted by Gasteiger charge is 2.26. The number of hydrogen-bond donors (Lipinski definition) is 1. The van der Waals surface area contributed by atoms with Crippen molar-refractivity contribution in [1.29, 1.82) is 0 Å². The first-order chi connectivity index (χ1) is 9.88. The molecule has 0 heterocycles. The summed E-state index contributed by atoms with van der Waals surface area (Å²) in [6, 6.07) is 4.26. The smallest absolute Gasteiger partial charge is 0.179 e. The summed E-state index contributed by atoms with van der Waals surface area (Å²) >= 11 is 6.51. The molecule has 1 aromatic carbocycles. The normalized spacial score (nSPS) is 14.4. The first kappa shape index (κ1) is 18.1. The Bertz CT molecular complexity index is 466. The molecule has 0 aliphatic carbocycles. The van der Waals surface area contributed by atoms with E-state index in [0.29, 0.717) is 35.0 Å². The van der Waals surface area contributed by atoms with Crippen LogP contribution in [0.4, 0.5) is 0 Å². The minimum atomic E-state index is 0.0368. The van der Waals surface area contributed by atoms with E-state index in [9.17, 15) is 0 Å². The Labute approximate surface area is 133 Å². The number of hydrogen-bond acceptors (Lipinski definition) is 4. The van der Waals surface area contributed by atoms with Crippen LogP contribution in [-0.4, -0.2) is 38.8 Å². The minimum Gasteiger partial charge on any atom is -0.493 e. The van der Waals surface area contributed by atoms with Crippen LogP contribution in [0.25, 0.3) is 0 Å². The quantitative estimate of drug-likeness (QED) is 0.838. The Kier molecular flexibility index (Phi) is 6.78. The summed E-state index contributed by atoms with van der Waals surface area (Å²) in [5.41, 5.74) is 6.97. The maximum atomic E-state index is 6.51. The maximum Gasteiger partial charge on any atom is 0.179 e. The molecule has 0 fully saturated rings. The molecule has 120 valence electrons. The van der Waals surface area contributed by atoms with Gasteiger partial charge in [-0.15, -0.1) is 0 Å². The molecule has 0 radical (unpaired) electrons. The van der Waals surface area contributed by atoms with Gasteiger partial charge >= 0.3 is 0 Å². The van der Waals surface area contributed by atoms with Gasteiger partial charge < -0.3 is 15.2 Å². The molecule has 2 atom stereocenters. The third-order valence-electron chi connectivity index (χ3n) is 4.20. The third kappa shape index (κ3) is 3.82. The van der Waals surface area contributed by atoms with Gasteiger partial charge in [0, 0.05) is 18.6 Å². The SMILES string of the molecule is COc1ccc(C(CN)N(C)C(C)C(C)C)c(Cl)c1OC. The molecule has 0 aliphatic heterocycles. The summed E-state index contributed by atoms with van der Waals surface area (Å²) in [5.74, 6) is 1.71. The topological polar surface area (TPSA) is 47.7 Å². The first-order valence-corrected chi connectivity index (χ1v) is 7.59. The molecule has 0 amide bonds. The molecule has 1 rings (SSSR count). The highest BCUT2D eigenvalue weighted by atomic mass is 35.5. The number of methoxy groups -OCH3 is 2. The number of rotatable bonds is 7. The van der Waals surface area contributed by atoms with Crippen LogP contribution in [-0.2, 0) is 0 Å². The van der Waals surface area contributed by atoms with E-state index < -0.39 is 0 Å².